The van der Waals surface area contributed by atoms with E-state index in [2.05, 4.69) is 9.94 Å². The monoisotopic (exact) mass is 262 g/mol. The minimum absolute atomic E-state index is 0.175. The fourth-order valence-corrected chi connectivity index (χ4v) is 2.37. The van der Waals surface area contributed by atoms with E-state index in [1.54, 1.807) is 0 Å². The van der Waals surface area contributed by atoms with Crippen LogP contribution in [0.2, 0.25) is 0 Å². The van der Waals surface area contributed by atoms with E-state index < -0.39 is 5.54 Å². The van der Waals surface area contributed by atoms with Crippen LogP contribution in [0, 0.1) is 17.2 Å². The summed E-state index contributed by atoms with van der Waals surface area (Å²) < 4.78 is 7.24. The fourth-order valence-electron chi connectivity index (χ4n) is 1.98. The molecule has 2 heterocycles. The lowest BCUT2D eigenvalue weighted by Gasteiger charge is -2.17. The first-order valence-corrected chi connectivity index (χ1v) is 6.52. The Hall–Kier alpha value is -1.50. The summed E-state index contributed by atoms with van der Waals surface area (Å²) in [5.41, 5.74) is 0.217. The fraction of sp³-hybridized carbons (Fsp3) is 0.583. The van der Waals surface area contributed by atoms with E-state index in [9.17, 15) is 0 Å². The molecule has 0 radical (unpaired) electrons. The van der Waals surface area contributed by atoms with E-state index >= 15 is 0 Å². The van der Waals surface area contributed by atoms with Crippen LogP contribution in [0.25, 0.3) is 4.85 Å². The second kappa shape index (κ2) is 5.01. The lowest BCUT2D eigenvalue weighted by molar-refractivity contribution is 0.183. The molecule has 1 aliphatic heterocycles. The van der Waals surface area contributed by atoms with Crippen molar-refractivity contribution >= 4 is 11.8 Å². The zero-order chi connectivity index (χ0) is 13.2. The molecule has 1 atom stereocenters. The summed E-state index contributed by atoms with van der Waals surface area (Å²) in [4.78, 5) is 3.65. The summed E-state index contributed by atoms with van der Waals surface area (Å²) in [6.07, 6.45) is 0.902. The van der Waals surface area contributed by atoms with Gasteiger partial charge in [0.1, 0.15) is 16.1 Å². The maximum absolute atomic E-state index is 8.72. The van der Waals surface area contributed by atoms with Crippen molar-refractivity contribution in [1.29, 1.82) is 5.26 Å². The first-order chi connectivity index (χ1) is 8.58. The molecule has 1 fully saturated rings. The molecule has 0 N–H and O–H groups in total. The molecule has 6 heteroatoms. The van der Waals surface area contributed by atoms with Crippen molar-refractivity contribution in [1.82, 2.24) is 9.78 Å². The van der Waals surface area contributed by atoms with E-state index in [4.69, 9.17) is 16.6 Å². The van der Waals surface area contributed by atoms with Crippen molar-refractivity contribution in [3.05, 3.63) is 23.2 Å². The van der Waals surface area contributed by atoms with Crippen molar-refractivity contribution < 1.29 is 4.74 Å². The summed E-state index contributed by atoms with van der Waals surface area (Å²) in [6.45, 7) is 12.4. The van der Waals surface area contributed by atoms with Gasteiger partial charge in [0.25, 0.3) is 5.54 Å². The number of hydrogen-bond acceptors (Lipinski definition) is 4. The first-order valence-electron chi connectivity index (χ1n) is 5.71. The van der Waals surface area contributed by atoms with E-state index in [0.717, 1.165) is 30.5 Å². The van der Waals surface area contributed by atoms with Gasteiger partial charge in [-0.25, -0.2) is 6.57 Å². The molecule has 1 aromatic rings. The third-order valence-electron chi connectivity index (χ3n) is 3.02. The average molecular weight is 262 g/mol. The Balaban J connectivity index is 2.43. The summed E-state index contributed by atoms with van der Waals surface area (Å²) in [5, 5.41) is 15.8. The molecular weight excluding hydrogens is 248 g/mol. The van der Waals surface area contributed by atoms with Gasteiger partial charge in [0.2, 0.25) is 0 Å². The highest BCUT2D eigenvalue weighted by Crippen LogP contribution is 2.32. The lowest BCUT2D eigenvalue weighted by atomic mass is 10.0. The minimum atomic E-state index is -0.635. The number of hydrogen-bond donors (Lipinski definition) is 0. The van der Waals surface area contributed by atoms with Gasteiger partial charge in [-0.15, -0.1) is 0 Å². The van der Waals surface area contributed by atoms with Crippen LogP contribution in [-0.4, -0.2) is 23.0 Å². The summed E-state index contributed by atoms with van der Waals surface area (Å²) in [5.74, 6) is 0. The van der Waals surface area contributed by atoms with Crippen LogP contribution in [0.15, 0.2) is 11.1 Å². The Morgan fingerprint density at radius 3 is 3.06 bits per heavy atom. The second-order valence-corrected chi connectivity index (χ2v) is 5.50. The summed E-state index contributed by atoms with van der Waals surface area (Å²) >= 11 is 1.03. The van der Waals surface area contributed by atoms with Crippen LogP contribution in [0.1, 0.15) is 32.0 Å². The molecule has 0 saturated carbocycles. The maximum Gasteiger partial charge on any atom is 0.268 e. The third kappa shape index (κ3) is 2.35. The highest BCUT2D eigenvalue weighted by Gasteiger charge is 2.34. The van der Waals surface area contributed by atoms with Crippen molar-refractivity contribution in [2.45, 2.75) is 36.9 Å². The van der Waals surface area contributed by atoms with Gasteiger partial charge in [-0.05, 0) is 6.42 Å². The Morgan fingerprint density at radius 2 is 2.50 bits per heavy atom. The molecule has 1 aliphatic rings. The highest BCUT2D eigenvalue weighted by molar-refractivity contribution is 8.03. The molecule has 18 heavy (non-hydrogen) atoms. The molecule has 0 unspecified atom stereocenters. The van der Waals surface area contributed by atoms with Crippen LogP contribution in [0.4, 0.5) is 0 Å². The Kier molecular flexibility index (Phi) is 3.60. The number of nitriles is 1. The molecule has 5 nitrogen and oxygen atoms in total. The van der Waals surface area contributed by atoms with Crippen molar-refractivity contribution in [2.75, 3.05) is 13.2 Å². The van der Waals surface area contributed by atoms with Crippen LogP contribution in [0.5, 0.6) is 0 Å². The van der Waals surface area contributed by atoms with E-state index in [-0.39, 0.29) is 6.04 Å². The SMILES string of the molecule is [C-]#[N+]C(C)(C)c1cc(SC#N)nn1[C@H]1CCOC1. The number of thiocyanates is 1. The number of nitrogens with zero attached hydrogens (tertiary/aromatic N) is 4. The molecular formula is C12H14N4OS. The zero-order valence-corrected chi connectivity index (χ0v) is 11.2. The van der Waals surface area contributed by atoms with Gasteiger partial charge < -0.3 is 9.58 Å². The summed E-state index contributed by atoms with van der Waals surface area (Å²) in [6, 6.07) is 2.01. The first kappa shape index (κ1) is 12.9. The Morgan fingerprint density at radius 1 is 1.72 bits per heavy atom. The summed E-state index contributed by atoms with van der Waals surface area (Å²) in [7, 11) is 0. The van der Waals surface area contributed by atoms with Crippen molar-refractivity contribution in [3.63, 3.8) is 0 Å². The second-order valence-electron chi connectivity index (χ2n) is 4.69. The van der Waals surface area contributed by atoms with Crippen LogP contribution in [0.3, 0.4) is 0 Å². The minimum Gasteiger partial charge on any atom is -0.379 e. The standard InChI is InChI=1S/C12H14N4OS/c1-12(2,14-3)10-6-11(18-8-13)15-16(10)9-4-5-17-7-9/h6,9H,4-5,7H2,1-2H3/t9-/m0/s1. The van der Waals surface area contributed by atoms with Gasteiger partial charge in [0.05, 0.1) is 12.6 Å². The van der Waals surface area contributed by atoms with Gasteiger partial charge in [0.15, 0.2) is 0 Å². The molecule has 0 aromatic carbocycles. The molecule has 1 saturated heterocycles. The molecule has 94 valence electrons. The molecule has 0 amide bonds. The largest absolute Gasteiger partial charge is 0.379 e. The van der Waals surface area contributed by atoms with Gasteiger partial charge in [-0.2, -0.15) is 10.4 Å². The number of thioether (sulfide) groups is 1. The average Bonchev–Trinajstić information content (AvgIpc) is 2.97. The smallest absolute Gasteiger partial charge is 0.268 e. The van der Waals surface area contributed by atoms with Gasteiger partial charge >= 0.3 is 0 Å². The molecule has 0 bridgehead atoms. The topological polar surface area (TPSA) is 55.2 Å². The zero-order valence-electron chi connectivity index (χ0n) is 10.4. The molecule has 0 aliphatic carbocycles. The predicted molar refractivity (Wildman–Crippen MR) is 67.8 cm³/mol. The highest BCUT2D eigenvalue weighted by atomic mass is 32.2. The number of aromatic nitrogens is 2. The van der Waals surface area contributed by atoms with E-state index in [1.807, 2.05) is 30.0 Å². The molecule has 0 spiro atoms. The van der Waals surface area contributed by atoms with Crippen LogP contribution < -0.4 is 0 Å². The maximum atomic E-state index is 8.72. The number of rotatable bonds is 3. The van der Waals surface area contributed by atoms with Crippen LogP contribution in [-0.2, 0) is 10.3 Å². The van der Waals surface area contributed by atoms with Crippen molar-refractivity contribution in [2.24, 2.45) is 0 Å². The normalized spacial score (nSPS) is 19.4. The van der Waals surface area contributed by atoms with Gasteiger partial charge in [-0.1, -0.05) is 0 Å². The van der Waals surface area contributed by atoms with E-state index in [1.165, 1.54) is 0 Å². The van der Waals surface area contributed by atoms with E-state index in [0.29, 0.717) is 11.6 Å². The number of ether oxygens (including phenoxy) is 1. The predicted octanol–water partition coefficient (Wildman–Crippen LogP) is 2.57. The third-order valence-corrected chi connectivity index (χ3v) is 3.52. The lowest BCUT2D eigenvalue weighted by Crippen LogP contribution is -2.22. The molecule has 1 aromatic heterocycles. The van der Waals surface area contributed by atoms with Gasteiger partial charge in [-0.3, -0.25) is 4.68 Å². The Labute approximate surface area is 111 Å². The quantitative estimate of drug-likeness (QED) is 0.477. The molecule has 2 rings (SSSR count). The van der Waals surface area contributed by atoms with Gasteiger partial charge in [0, 0.05) is 38.3 Å². The van der Waals surface area contributed by atoms with Crippen LogP contribution >= 0.6 is 11.8 Å². The Bertz CT molecular complexity index is 517. The van der Waals surface area contributed by atoms with Crippen molar-refractivity contribution in [3.8, 4) is 5.40 Å².